The number of carbonyl (C=O) groups excluding carboxylic acids is 1. The molecule has 1 atom stereocenters. The van der Waals surface area contributed by atoms with Crippen molar-refractivity contribution in [3.63, 3.8) is 0 Å². The highest BCUT2D eigenvalue weighted by molar-refractivity contribution is 7.89. The Morgan fingerprint density at radius 1 is 0.933 bits per heavy atom. The first-order valence-electron chi connectivity index (χ1n) is 9.96. The largest absolute Gasteiger partial charge is 0.308 e. The van der Waals surface area contributed by atoms with Crippen LogP contribution in [0.1, 0.15) is 18.1 Å². The van der Waals surface area contributed by atoms with Gasteiger partial charge in [-0.15, -0.1) is 0 Å². The second kappa shape index (κ2) is 8.42. The van der Waals surface area contributed by atoms with Crippen LogP contribution in [0.3, 0.4) is 0 Å². The lowest BCUT2D eigenvalue weighted by atomic mass is 10.1. The Bertz CT molecular complexity index is 1130. The van der Waals surface area contributed by atoms with E-state index < -0.39 is 10.0 Å². The van der Waals surface area contributed by atoms with Crippen LogP contribution >= 0.6 is 0 Å². The summed E-state index contributed by atoms with van der Waals surface area (Å²) in [6.45, 7) is 1.91. The van der Waals surface area contributed by atoms with Crippen LogP contribution in [0.25, 0.3) is 0 Å². The van der Waals surface area contributed by atoms with Gasteiger partial charge in [0.1, 0.15) is 0 Å². The number of amides is 1. The third-order valence-corrected chi connectivity index (χ3v) is 7.18. The zero-order chi connectivity index (χ0) is 21.1. The van der Waals surface area contributed by atoms with Crippen LogP contribution < -0.4 is 4.90 Å². The molecule has 0 aliphatic carbocycles. The normalized spacial score (nSPS) is 15.9. The molecule has 0 spiro atoms. The predicted octanol–water partition coefficient (Wildman–Crippen LogP) is 3.86. The molecule has 3 aromatic rings. The molecule has 0 fully saturated rings. The fourth-order valence-corrected chi connectivity index (χ4v) is 5.33. The van der Waals surface area contributed by atoms with Crippen molar-refractivity contribution in [2.75, 3.05) is 11.4 Å². The molecular weight excluding hydrogens is 396 g/mol. The average molecular weight is 421 g/mol. The van der Waals surface area contributed by atoms with E-state index in [0.29, 0.717) is 0 Å². The van der Waals surface area contributed by atoms with Crippen LogP contribution in [0, 0.1) is 0 Å². The Kier molecular flexibility index (Phi) is 5.70. The second-order valence-corrected chi connectivity index (χ2v) is 9.46. The van der Waals surface area contributed by atoms with Gasteiger partial charge in [-0.2, -0.15) is 4.31 Å². The minimum Gasteiger partial charge on any atom is -0.308 e. The quantitative estimate of drug-likeness (QED) is 0.609. The molecule has 1 unspecified atom stereocenters. The molecule has 1 amide bonds. The first-order valence-corrected chi connectivity index (χ1v) is 11.4. The summed E-state index contributed by atoms with van der Waals surface area (Å²) in [5.74, 6) is -0.220. The van der Waals surface area contributed by atoms with Crippen molar-refractivity contribution in [1.82, 2.24) is 4.31 Å². The van der Waals surface area contributed by atoms with E-state index in [0.717, 1.165) is 23.2 Å². The fraction of sp³-hybridized carbons (Fsp3) is 0.208. The van der Waals surface area contributed by atoms with Gasteiger partial charge in [0.05, 0.1) is 11.4 Å². The molecule has 4 rings (SSSR count). The van der Waals surface area contributed by atoms with Gasteiger partial charge in [0.2, 0.25) is 15.9 Å². The minimum absolute atomic E-state index is 0.00657. The molecule has 5 nitrogen and oxygen atoms in total. The van der Waals surface area contributed by atoms with Crippen molar-refractivity contribution in [3.8, 4) is 0 Å². The molecule has 1 aliphatic heterocycles. The van der Waals surface area contributed by atoms with Gasteiger partial charge in [0.25, 0.3) is 0 Å². The van der Waals surface area contributed by atoms with Gasteiger partial charge in [-0.3, -0.25) is 4.79 Å². The predicted molar refractivity (Wildman–Crippen MR) is 118 cm³/mol. The van der Waals surface area contributed by atoms with E-state index in [9.17, 15) is 13.2 Å². The van der Waals surface area contributed by atoms with Gasteiger partial charge >= 0.3 is 0 Å². The number of para-hydroxylation sites is 1. The Hall–Kier alpha value is -2.96. The molecule has 0 N–H and O–H groups in total. The number of rotatable bonds is 6. The molecule has 3 aromatic carbocycles. The van der Waals surface area contributed by atoms with E-state index >= 15 is 0 Å². The summed E-state index contributed by atoms with van der Waals surface area (Å²) < 4.78 is 28.0. The number of benzene rings is 3. The van der Waals surface area contributed by atoms with E-state index in [2.05, 4.69) is 0 Å². The van der Waals surface area contributed by atoms with E-state index in [1.807, 2.05) is 61.5 Å². The maximum atomic E-state index is 13.4. The molecule has 1 heterocycles. The van der Waals surface area contributed by atoms with Crippen molar-refractivity contribution in [3.05, 3.63) is 96.1 Å². The van der Waals surface area contributed by atoms with Crippen LogP contribution in [-0.2, 0) is 27.8 Å². The number of carbonyl (C=O) groups is 1. The van der Waals surface area contributed by atoms with Crippen molar-refractivity contribution in [2.24, 2.45) is 0 Å². The Balaban J connectivity index is 1.66. The number of fused-ring (bicyclic) bond motifs is 1. The Labute approximate surface area is 177 Å². The van der Waals surface area contributed by atoms with E-state index in [1.54, 1.807) is 35.2 Å². The maximum Gasteiger partial charge on any atom is 0.243 e. The number of hydrogen-bond acceptors (Lipinski definition) is 3. The monoisotopic (exact) mass is 420 g/mol. The van der Waals surface area contributed by atoms with Gasteiger partial charge in [-0.25, -0.2) is 8.42 Å². The van der Waals surface area contributed by atoms with Crippen molar-refractivity contribution < 1.29 is 13.2 Å². The highest BCUT2D eigenvalue weighted by Gasteiger charge is 2.34. The molecule has 0 radical (unpaired) electrons. The van der Waals surface area contributed by atoms with Gasteiger partial charge in [-0.1, -0.05) is 66.7 Å². The molecule has 1 aliphatic rings. The van der Waals surface area contributed by atoms with Crippen molar-refractivity contribution in [2.45, 2.75) is 30.8 Å². The lowest BCUT2D eigenvalue weighted by Crippen LogP contribution is -2.44. The van der Waals surface area contributed by atoms with Crippen LogP contribution in [0.15, 0.2) is 89.8 Å². The third-order valence-electron chi connectivity index (χ3n) is 5.37. The van der Waals surface area contributed by atoms with Crippen molar-refractivity contribution >= 4 is 21.6 Å². The van der Waals surface area contributed by atoms with E-state index in [1.165, 1.54) is 4.31 Å². The Morgan fingerprint density at radius 3 is 2.23 bits per heavy atom. The molecule has 6 heteroatoms. The number of sulfonamides is 1. The first-order chi connectivity index (χ1) is 14.5. The topological polar surface area (TPSA) is 57.7 Å². The standard InChI is InChI=1S/C24H24N2O3S/c1-19-16-21-12-8-9-15-23(21)26(19)24(27)18-25(17-20-10-4-2-5-11-20)30(28,29)22-13-6-3-7-14-22/h2-15,19H,16-18H2,1H3. The summed E-state index contributed by atoms with van der Waals surface area (Å²) in [5.41, 5.74) is 2.81. The molecular formula is C24H24N2O3S. The summed E-state index contributed by atoms with van der Waals surface area (Å²) >= 11 is 0. The number of hydrogen-bond donors (Lipinski definition) is 0. The highest BCUT2D eigenvalue weighted by atomic mass is 32.2. The molecule has 154 valence electrons. The zero-order valence-corrected chi connectivity index (χ0v) is 17.6. The van der Waals surface area contributed by atoms with Crippen LogP contribution in [-0.4, -0.2) is 31.2 Å². The van der Waals surface area contributed by atoms with E-state index in [-0.39, 0.29) is 29.9 Å². The summed E-state index contributed by atoms with van der Waals surface area (Å²) in [7, 11) is -3.83. The zero-order valence-electron chi connectivity index (χ0n) is 16.8. The van der Waals surface area contributed by atoms with Crippen LogP contribution in [0.4, 0.5) is 5.69 Å². The summed E-state index contributed by atoms with van der Waals surface area (Å²) in [4.78, 5) is 15.2. The summed E-state index contributed by atoms with van der Waals surface area (Å²) in [6.07, 6.45) is 0.770. The molecule has 30 heavy (non-hydrogen) atoms. The summed E-state index contributed by atoms with van der Waals surface area (Å²) in [6, 6.07) is 25.4. The van der Waals surface area contributed by atoms with Gasteiger partial charge in [-0.05, 0) is 42.7 Å². The lowest BCUT2D eigenvalue weighted by Gasteiger charge is -2.27. The third kappa shape index (κ3) is 4.01. The average Bonchev–Trinajstić information content (AvgIpc) is 3.10. The molecule has 0 bridgehead atoms. The van der Waals surface area contributed by atoms with Crippen LogP contribution in [0.2, 0.25) is 0 Å². The SMILES string of the molecule is CC1Cc2ccccc2N1C(=O)CN(Cc1ccccc1)S(=O)(=O)c1ccccc1. The molecule has 0 saturated carbocycles. The first kappa shape index (κ1) is 20.3. The fourth-order valence-electron chi connectivity index (χ4n) is 3.93. The minimum atomic E-state index is -3.83. The second-order valence-electron chi connectivity index (χ2n) is 7.52. The van der Waals surface area contributed by atoms with Gasteiger partial charge in [0, 0.05) is 18.3 Å². The molecule has 0 aromatic heterocycles. The van der Waals surface area contributed by atoms with Crippen molar-refractivity contribution in [1.29, 1.82) is 0 Å². The lowest BCUT2D eigenvalue weighted by molar-refractivity contribution is -0.119. The maximum absolute atomic E-state index is 13.4. The molecule has 0 saturated heterocycles. The van der Waals surface area contributed by atoms with Crippen LogP contribution in [0.5, 0.6) is 0 Å². The number of anilines is 1. The van der Waals surface area contributed by atoms with E-state index in [4.69, 9.17) is 0 Å². The van der Waals surface area contributed by atoms with Gasteiger partial charge in [0.15, 0.2) is 0 Å². The highest BCUT2D eigenvalue weighted by Crippen LogP contribution is 2.32. The summed E-state index contributed by atoms with van der Waals surface area (Å²) in [5, 5.41) is 0. The number of nitrogens with zero attached hydrogens (tertiary/aromatic N) is 2. The smallest absolute Gasteiger partial charge is 0.243 e. The van der Waals surface area contributed by atoms with Gasteiger partial charge < -0.3 is 4.90 Å². The Morgan fingerprint density at radius 2 is 1.53 bits per heavy atom.